The van der Waals surface area contributed by atoms with E-state index in [2.05, 4.69) is 17.3 Å². The average Bonchev–Trinajstić information content (AvgIpc) is 2.30. The van der Waals surface area contributed by atoms with Crippen molar-refractivity contribution in [2.75, 3.05) is 40.3 Å². The van der Waals surface area contributed by atoms with E-state index >= 15 is 0 Å². The Morgan fingerprint density at radius 3 is 2.47 bits per heavy atom. The molecule has 0 aromatic rings. The first kappa shape index (κ1) is 15.9. The number of hydrogen-bond donors (Lipinski definition) is 2. The Morgan fingerprint density at radius 2 is 2.00 bits per heavy atom. The molecule has 2 N–H and O–H groups in total. The minimum atomic E-state index is -0.981. The SMILES string of the molecule is CC(=O)NC(CN(C)CC1CCN(C)CC1)C(=O)O. The van der Waals surface area contributed by atoms with E-state index in [0.29, 0.717) is 12.5 Å². The van der Waals surface area contributed by atoms with E-state index in [0.717, 1.165) is 32.5 Å². The van der Waals surface area contributed by atoms with Gasteiger partial charge in [-0.3, -0.25) is 4.79 Å². The van der Waals surface area contributed by atoms with E-state index in [-0.39, 0.29) is 5.91 Å². The third-order valence-electron chi connectivity index (χ3n) is 3.58. The predicted molar refractivity (Wildman–Crippen MR) is 73.0 cm³/mol. The summed E-state index contributed by atoms with van der Waals surface area (Å²) >= 11 is 0. The first-order chi connectivity index (χ1) is 8.88. The van der Waals surface area contributed by atoms with Gasteiger partial charge in [0.05, 0.1) is 0 Å². The highest BCUT2D eigenvalue weighted by Gasteiger charge is 2.23. The quantitative estimate of drug-likeness (QED) is 0.703. The lowest BCUT2D eigenvalue weighted by Crippen LogP contribution is -2.48. The molecule has 0 aromatic heterocycles. The zero-order chi connectivity index (χ0) is 14.4. The molecule has 1 amide bonds. The van der Waals surface area contributed by atoms with Gasteiger partial charge < -0.3 is 20.2 Å². The maximum atomic E-state index is 11.1. The fraction of sp³-hybridized carbons (Fsp3) is 0.846. The van der Waals surface area contributed by atoms with Crippen molar-refractivity contribution in [2.45, 2.75) is 25.8 Å². The molecule has 110 valence electrons. The number of piperidine rings is 1. The highest BCUT2D eigenvalue weighted by molar-refractivity contribution is 5.82. The number of amides is 1. The number of nitrogens with zero attached hydrogens (tertiary/aromatic N) is 2. The van der Waals surface area contributed by atoms with E-state index in [1.165, 1.54) is 6.92 Å². The number of hydrogen-bond acceptors (Lipinski definition) is 4. The summed E-state index contributed by atoms with van der Waals surface area (Å²) in [5.74, 6) is -0.668. The smallest absolute Gasteiger partial charge is 0.327 e. The molecule has 1 saturated heterocycles. The summed E-state index contributed by atoms with van der Waals surface area (Å²) in [5, 5.41) is 11.5. The van der Waals surface area contributed by atoms with Crippen molar-refractivity contribution in [3.63, 3.8) is 0 Å². The van der Waals surface area contributed by atoms with Gasteiger partial charge in [-0.2, -0.15) is 0 Å². The normalized spacial score (nSPS) is 19.4. The number of nitrogens with one attached hydrogen (secondary N) is 1. The van der Waals surface area contributed by atoms with Crippen LogP contribution in [0.5, 0.6) is 0 Å². The topological polar surface area (TPSA) is 72.9 Å². The number of carbonyl (C=O) groups is 2. The fourth-order valence-electron chi connectivity index (χ4n) is 2.50. The molecule has 0 spiro atoms. The van der Waals surface area contributed by atoms with Crippen molar-refractivity contribution in [2.24, 2.45) is 5.92 Å². The van der Waals surface area contributed by atoms with Crippen LogP contribution in [0.25, 0.3) is 0 Å². The van der Waals surface area contributed by atoms with Crippen LogP contribution in [0.15, 0.2) is 0 Å². The highest BCUT2D eigenvalue weighted by atomic mass is 16.4. The number of likely N-dealkylation sites (N-methyl/N-ethyl adjacent to an activating group) is 1. The van der Waals surface area contributed by atoms with E-state index < -0.39 is 12.0 Å². The molecule has 6 heteroatoms. The van der Waals surface area contributed by atoms with Crippen molar-refractivity contribution in [3.05, 3.63) is 0 Å². The van der Waals surface area contributed by atoms with Crippen molar-refractivity contribution >= 4 is 11.9 Å². The van der Waals surface area contributed by atoms with Gasteiger partial charge in [0.15, 0.2) is 0 Å². The molecule has 6 nitrogen and oxygen atoms in total. The molecule has 1 heterocycles. The molecule has 1 atom stereocenters. The molecule has 0 bridgehead atoms. The maximum Gasteiger partial charge on any atom is 0.327 e. The summed E-state index contributed by atoms with van der Waals surface area (Å²) in [6.45, 7) is 4.78. The number of likely N-dealkylation sites (tertiary alicyclic amines) is 1. The third kappa shape index (κ3) is 6.02. The third-order valence-corrected chi connectivity index (χ3v) is 3.58. The minimum Gasteiger partial charge on any atom is -0.480 e. The van der Waals surface area contributed by atoms with Crippen molar-refractivity contribution in [1.82, 2.24) is 15.1 Å². The Kier molecular flexibility index (Phi) is 6.24. The number of carboxylic acid groups (broad SMARTS) is 1. The fourth-order valence-corrected chi connectivity index (χ4v) is 2.50. The Hall–Kier alpha value is -1.14. The van der Waals surface area contributed by atoms with Gasteiger partial charge in [-0.1, -0.05) is 0 Å². The van der Waals surface area contributed by atoms with Crippen LogP contribution in [-0.4, -0.2) is 73.1 Å². The summed E-state index contributed by atoms with van der Waals surface area (Å²) in [7, 11) is 4.03. The first-order valence-corrected chi connectivity index (χ1v) is 6.75. The largest absolute Gasteiger partial charge is 0.480 e. The van der Waals surface area contributed by atoms with Crippen LogP contribution >= 0.6 is 0 Å². The number of carboxylic acids is 1. The van der Waals surface area contributed by atoms with E-state index in [1.54, 1.807) is 0 Å². The van der Waals surface area contributed by atoms with E-state index in [4.69, 9.17) is 5.11 Å². The van der Waals surface area contributed by atoms with Gasteiger partial charge in [-0.05, 0) is 45.9 Å². The Morgan fingerprint density at radius 1 is 1.42 bits per heavy atom. The van der Waals surface area contributed by atoms with Crippen LogP contribution in [0.3, 0.4) is 0 Å². The summed E-state index contributed by atoms with van der Waals surface area (Å²) in [4.78, 5) is 26.3. The molecule has 0 radical (unpaired) electrons. The van der Waals surface area contributed by atoms with Gasteiger partial charge in [0.25, 0.3) is 0 Å². The van der Waals surface area contributed by atoms with Gasteiger partial charge in [-0.25, -0.2) is 4.79 Å². The molecule has 1 aliphatic rings. The lowest BCUT2D eigenvalue weighted by Gasteiger charge is -2.32. The molecular weight excluding hydrogens is 246 g/mol. The highest BCUT2D eigenvalue weighted by Crippen LogP contribution is 2.16. The Labute approximate surface area is 114 Å². The molecule has 0 saturated carbocycles. The van der Waals surface area contributed by atoms with Crippen LogP contribution in [-0.2, 0) is 9.59 Å². The Bertz CT molecular complexity index is 314. The number of aliphatic carboxylic acids is 1. The van der Waals surface area contributed by atoms with Crippen LogP contribution in [0.2, 0.25) is 0 Å². The number of carbonyl (C=O) groups excluding carboxylic acids is 1. The second-order valence-electron chi connectivity index (χ2n) is 5.56. The van der Waals surface area contributed by atoms with E-state index in [9.17, 15) is 9.59 Å². The summed E-state index contributed by atoms with van der Waals surface area (Å²) in [5.41, 5.74) is 0. The summed E-state index contributed by atoms with van der Waals surface area (Å²) in [6, 6.07) is -0.825. The van der Waals surface area contributed by atoms with Crippen LogP contribution in [0, 0.1) is 5.92 Å². The average molecular weight is 271 g/mol. The van der Waals surface area contributed by atoms with Crippen LogP contribution < -0.4 is 5.32 Å². The van der Waals surface area contributed by atoms with Crippen molar-refractivity contribution in [1.29, 1.82) is 0 Å². The second kappa shape index (κ2) is 7.45. The zero-order valence-electron chi connectivity index (χ0n) is 12.1. The van der Waals surface area contributed by atoms with Crippen LogP contribution in [0.1, 0.15) is 19.8 Å². The van der Waals surface area contributed by atoms with Gasteiger partial charge in [-0.15, -0.1) is 0 Å². The monoisotopic (exact) mass is 271 g/mol. The van der Waals surface area contributed by atoms with Gasteiger partial charge in [0, 0.05) is 20.0 Å². The van der Waals surface area contributed by atoms with Crippen LogP contribution in [0.4, 0.5) is 0 Å². The molecule has 1 aliphatic heterocycles. The molecule has 1 fully saturated rings. The molecule has 0 aromatic carbocycles. The lowest BCUT2D eigenvalue weighted by atomic mass is 9.96. The second-order valence-corrected chi connectivity index (χ2v) is 5.56. The molecule has 1 rings (SSSR count). The zero-order valence-corrected chi connectivity index (χ0v) is 12.1. The number of rotatable bonds is 6. The van der Waals surface area contributed by atoms with E-state index in [1.807, 2.05) is 11.9 Å². The summed E-state index contributed by atoms with van der Waals surface area (Å²) in [6.07, 6.45) is 2.30. The standard InChI is InChI=1S/C13H25N3O3/c1-10(17)14-12(13(18)19)9-16(3)8-11-4-6-15(2)7-5-11/h11-12H,4-9H2,1-3H3,(H,14,17)(H,18,19). The van der Waals surface area contributed by atoms with Crippen molar-refractivity contribution in [3.8, 4) is 0 Å². The lowest BCUT2D eigenvalue weighted by molar-refractivity contribution is -0.142. The molecular formula is C13H25N3O3. The van der Waals surface area contributed by atoms with Gasteiger partial charge >= 0.3 is 5.97 Å². The molecule has 0 aliphatic carbocycles. The predicted octanol–water partition coefficient (Wildman–Crippen LogP) is -0.151. The first-order valence-electron chi connectivity index (χ1n) is 6.75. The molecule has 1 unspecified atom stereocenters. The van der Waals surface area contributed by atoms with Gasteiger partial charge in [0.2, 0.25) is 5.91 Å². The molecule has 19 heavy (non-hydrogen) atoms. The Balaban J connectivity index is 2.37. The maximum absolute atomic E-state index is 11.1. The summed E-state index contributed by atoms with van der Waals surface area (Å²) < 4.78 is 0. The minimum absolute atomic E-state index is 0.305. The van der Waals surface area contributed by atoms with Gasteiger partial charge in [0.1, 0.15) is 6.04 Å². The van der Waals surface area contributed by atoms with Crippen molar-refractivity contribution < 1.29 is 14.7 Å².